The van der Waals surface area contributed by atoms with Gasteiger partial charge in [-0.2, -0.15) is 0 Å². The monoisotopic (exact) mass is 172 g/mol. The Morgan fingerprint density at radius 2 is 1.50 bits per heavy atom. The summed E-state index contributed by atoms with van der Waals surface area (Å²) in [6.07, 6.45) is 0. The smallest absolute Gasteiger partial charge is 0.397 e. The highest BCUT2D eigenvalue weighted by Gasteiger charge is 2.02. The molecule has 0 aliphatic rings. The Labute approximate surface area is 63.4 Å². The molecule has 0 aromatic heterocycles. The molecule has 0 heterocycles. The van der Waals surface area contributed by atoms with Crippen LogP contribution >= 0.6 is 20.1 Å². The van der Waals surface area contributed by atoms with Crippen molar-refractivity contribution in [1.29, 1.82) is 0 Å². The van der Waals surface area contributed by atoms with Crippen LogP contribution in [0, 0.1) is 0 Å². The van der Waals surface area contributed by atoms with E-state index >= 15 is 0 Å². The summed E-state index contributed by atoms with van der Waals surface area (Å²) in [6, 6.07) is 0. The molecule has 8 heavy (non-hydrogen) atoms. The van der Waals surface area contributed by atoms with Crippen molar-refractivity contribution >= 4 is 32.4 Å². The number of rotatable bonds is 1. The molecule has 0 bridgehead atoms. The molecule has 0 radical (unpaired) electrons. The lowest BCUT2D eigenvalue weighted by molar-refractivity contribution is 0.318. The van der Waals surface area contributed by atoms with Crippen molar-refractivity contribution in [1.82, 2.24) is 0 Å². The summed E-state index contributed by atoms with van der Waals surface area (Å²) < 4.78 is 0. The highest BCUT2D eigenvalue weighted by molar-refractivity contribution is 7.33. The van der Waals surface area contributed by atoms with Crippen molar-refractivity contribution in [2.75, 3.05) is 6.61 Å². The minimum atomic E-state index is -1.21. The summed E-state index contributed by atoms with van der Waals surface area (Å²) in [4.78, 5) is 0. The highest BCUT2D eigenvalue weighted by atomic mass is 35.7. The number of halogens is 2. The summed E-state index contributed by atoms with van der Waals surface area (Å²) in [6.45, 7) is 3.93. The Hall–Kier alpha value is 1.07. The molecule has 0 saturated heterocycles. The Balaban J connectivity index is 0. The third-order valence-electron chi connectivity index (χ3n) is 0.309. The standard InChI is InChI=1S/C2H6O.C2H5.Al.2ClH/c1-2-3;1-2;;;/h3H,2H2,1H3;1H2,2H3;;2*1H/q;;+2;;/p-2. The second-order valence-corrected chi connectivity index (χ2v) is 6.55. The van der Waals surface area contributed by atoms with Crippen LogP contribution in [0.25, 0.3) is 0 Å². The van der Waals surface area contributed by atoms with Crippen LogP contribution in [-0.2, 0) is 0 Å². The van der Waals surface area contributed by atoms with Gasteiger partial charge < -0.3 is 5.11 Å². The molecule has 1 nitrogen and oxygen atoms in total. The van der Waals surface area contributed by atoms with Gasteiger partial charge in [0.25, 0.3) is 0 Å². The van der Waals surface area contributed by atoms with E-state index in [4.69, 9.17) is 25.2 Å². The van der Waals surface area contributed by atoms with Crippen LogP contribution in [0.2, 0.25) is 5.28 Å². The first-order chi connectivity index (χ1) is 3.68. The Morgan fingerprint density at radius 1 is 1.38 bits per heavy atom. The first kappa shape index (κ1) is 11.8. The average Bonchev–Trinajstić information content (AvgIpc) is 1.69. The second-order valence-electron chi connectivity index (χ2n) is 1.12. The number of hydrogen-bond acceptors (Lipinski definition) is 1. The third-order valence-corrected chi connectivity index (χ3v) is 2.78. The Bertz CT molecular complexity index is 35.2. The third kappa shape index (κ3) is 27.6. The molecular formula is C4H11AlCl2O. The first-order valence-electron chi connectivity index (χ1n) is 2.58. The van der Waals surface area contributed by atoms with Crippen molar-refractivity contribution in [3.8, 4) is 0 Å². The lowest BCUT2D eigenvalue weighted by Crippen LogP contribution is -1.83. The number of aliphatic hydroxyl groups excluding tert-OH is 1. The molecule has 0 rings (SSSR count). The molecule has 0 atom stereocenters. The first-order valence-corrected chi connectivity index (χ1v) is 6.88. The normalized spacial score (nSPS) is 7.12. The summed E-state index contributed by atoms with van der Waals surface area (Å²) >= 11 is -1.21. The van der Waals surface area contributed by atoms with Crippen LogP contribution in [0.5, 0.6) is 0 Å². The molecule has 50 valence electrons. The van der Waals surface area contributed by atoms with Crippen LogP contribution in [0.15, 0.2) is 0 Å². The summed E-state index contributed by atoms with van der Waals surface area (Å²) in [5, 5.41) is 8.54. The maximum Gasteiger partial charge on any atom is 0.519 e. The van der Waals surface area contributed by atoms with Crippen LogP contribution in [0.3, 0.4) is 0 Å². The highest BCUT2D eigenvalue weighted by Crippen LogP contribution is 1.98. The maximum atomic E-state index is 7.57. The molecule has 0 aliphatic carbocycles. The fourth-order valence-electron chi connectivity index (χ4n) is 0. The average molecular weight is 173 g/mol. The van der Waals surface area contributed by atoms with Crippen LogP contribution in [0.1, 0.15) is 13.8 Å². The zero-order chi connectivity index (χ0) is 6.99. The number of aliphatic hydroxyl groups is 1. The minimum Gasteiger partial charge on any atom is -0.397 e. The molecule has 0 amide bonds. The molecule has 0 spiro atoms. The van der Waals surface area contributed by atoms with E-state index in [1.165, 1.54) is 0 Å². The van der Waals surface area contributed by atoms with Crippen molar-refractivity contribution in [2.45, 2.75) is 19.1 Å². The van der Waals surface area contributed by atoms with E-state index in [0.29, 0.717) is 0 Å². The van der Waals surface area contributed by atoms with Gasteiger partial charge in [0.15, 0.2) is 0 Å². The largest absolute Gasteiger partial charge is 0.519 e. The molecule has 0 aromatic rings. The van der Waals surface area contributed by atoms with Crippen LogP contribution < -0.4 is 0 Å². The van der Waals surface area contributed by atoms with Gasteiger partial charge in [-0.1, -0.05) is 12.2 Å². The van der Waals surface area contributed by atoms with Gasteiger partial charge in [-0.3, -0.25) is 0 Å². The van der Waals surface area contributed by atoms with Gasteiger partial charge in [-0.15, -0.1) is 0 Å². The molecule has 4 heteroatoms. The molecule has 0 fully saturated rings. The van der Waals surface area contributed by atoms with E-state index in [9.17, 15) is 0 Å². The lowest BCUT2D eigenvalue weighted by atomic mass is 10.9. The summed E-state index contributed by atoms with van der Waals surface area (Å²) in [5.41, 5.74) is 0. The molecular weight excluding hydrogens is 162 g/mol. The predicted molar refractivity (Wildman–Crippen MR) is 40.7 cm³/mol. The van der Waals surface area contributed by atoms with Crippen LogP contribution in [0.4, 0.5) is 0 Å². The zero-order valence-electron chi connectivity index (χ0n) is 5.19. The zero-order valence-corrected chi connectivity index (χ0v) is 7.86. The van der Waals surface area contributed by atoms with Crippen molar-refractivity contribution in [2.24, 2.45) is 0 Å². The van der Waals surface area contributed by atoms with E-state index in [1.54, 1.807) is 6.92 Å². The van der Waals surface area contributed by atoms with Gasteiger partial charge in [0.1, 0.15) is 0 Å². The Morgan fingerprint density at radius 3 is 1.50 bits per heavy atom. The van der Waals surface area contributed by atoms with Gasteiger partial charge in [-0.05, 0) is 6.92 Å². The van der Waals surface area contributed by atoms with E-state index in [-0.39, 0.29) is 6.61 Å². The van der Waals surface area contributed by atoms with E-state index in [1.807, 2.05) is 6.92 Å². The van der Waals surface area contributed by atoms with Crippen molar-refractivity contribution < 1.29 is 5.11 Å². The summed E-state index contributed by atoms with van der Waals surface area (Å²) in [7, 11) is 10.7. The molecule has 0 unspecified atom stereocenters. The van der Waals surface area contributed by atoms with Crippen LogP contribution in [-0.4, -0.2) is 24.0 Å². The topological polar surface area (TPSA) is 20.2 Å². The minimum absolute atomic E-state index is 0.250. The SMILES string of the molecule is CCO.C[CH2][Al]([Cl])[Cl]. The van der Waals surface area contributed by atoms with Gasteiger partial charge in [0.05, 0.1) is 0 Å². The van der Waals surface area contributed by atoms with E-state index in [2.05, 4.69) is 0 Å². The summed E-state index contributed by atoms with van der Waals surface area (Å²) in [5.74, 6) is 0. The van der Waals surface area contributed by atoms with Gasteiger partial charge >= 0.3 is 12.3 Å². The fraction of sp³-hybridized carbons (Fsp3) is 1.00. The molecule has 1 N–H and O–H groups in total. The van der Waals surface area contributed by atoms with Crippen molar-refractivity contribution in [3.63, 3.8) is 0 Å². The van der Waals surface area contributed by atoms with Gasteiger partial charge in [0.2, 0.25) is 0 Å². The molecule has 0 saturated carbocycles. The fourth-order valence-corrected chi connectivity index (χ4v) is 0. The second kappa shape index (κ2) is 11.0. The molecule has 0 aromatic carbocycles. The van der Waals surface area contributed by atoms with Crippen molar-refractivity contribution in [3.05, 3.63) is 0 Å². The predicted octanol–water partition coefficient (Wildman–Crippen LogP) is 1.97. The number of hydrogen-bond donors (Lipinski definition) is 1. The Kier molecular flexibility index (Phi) is 16.2. The lowest BCUT2D eigenvalue weighted by Gasteiger charge is -1.74. The molecule has 0 aliphatic heterocycles. The van der Waals surface area contributed by atoms with Gasteiger partial charge in [-0.25, -0.2) is 20.1 Å². The van der Waals surface area contributed by atoms with E-state index in [0.717, 1.165) is 5.28 Å². The maximum absolute atomic E-state index is 7.57. The van der Waals surface area contributed by atoms with Gasteiger partial charge in [0, 0.05) is 6.61 Å². The van der Waals surface area contributed by atoms with E-state index < -0.39 is 12.3 Å². The quantitative estimate of drug-likeness (QED) is 0.601.